The molecule has 128 valence electrons. The van der Waals surface area contributed by atoms with E-state index in [1.165, 1.54) is 0 Å². The summed E-state index contributed by atoms with van der Waals surface area (Å²) in [5.74, 6) is 0. The maximum Gasteiger partial charge on any atom is 0.115 e. The molecule has 4 heteroatoms. The van der Waals surface area contributed by atoms with E-state index in [9.17, 15) is 0 Å². The first-order valence-electron chi connectivity index (χ1n) is 8.61. The van der Waals surface area contributed by atoms with Crippen molar-refractivity contribution in [3.05, 3.63) is 66.9 Å². The molecule has 1 unspecified atom stereocenters. The van der Waals surface area contributed by atoms with E-state index in [4.69, 9.17) is 9.97 Å². The Morgan fingerprint density at radius 1 is 0.920 bits per heavy atom. The molecular weight excluding hydrogens is 326 g/mol. The summed E-state index contributed by atoms with van der Waals surface area (Å²) >= 11 is 1.79. The van der Waals surface area contributed by atoms with Gasteiger partial charge in [0.2, 0.25) is 0 Å². The van der Waals surface area contributed by atoms with Crippen molar-refractivity contribution in [1.82, 2.24) is 15.3 Å². The van der Waals surface area contributed by atoms with E-state index in [1.54, 1.807) is 11.8 Å². The van der Waals surface area contributed by atoms with Crippen molar-refractivity contribution in [1.29, 1.82) is 0 Å². The normalized spacial score (nSPS) is 12.1. The second-order valence-corrected chi connectivity index (χ2v) is 7.16. The standard InChI is InChI=1S/C21H23N3S/c1-3-18(14-22-2)25-19-15-23-20(16-10-6-4-7-11-16)21(24-19)17-12-8-5-9-13-17/h4-13,15,18,22H,3,14H2,1-2H3. The van der Waals surface area contributed by atoms with Crippen molar-refractivity contribution in [2.75, 3.05) is 13.6 Å². The number of aromatic nitrogens is 2. The zero-order chi connectivity index (χ0) is 17.5. The van der Waals surface area contributed by atoms with Crippen LogP contribution in [0, 0.1) is 0 Å². The van der Waals surface area contributed by atoms with E-state index < -0.39 is 0 Å². The molecule has 0 aliphatic rings. The summed E-state index contributed by atoms with van der Waals surface area (Å²) in [5.41, 5.74) is 4.06. The summed E-state index contributed by atoms with van der Waals surface area (Å²) < 4.78 is 0. The first-order chi connectivity index (χ1) is 12.3. The summed E-state index contributed by atoms with van der Waals surface area (Å²) in [6, 6.07) is 20.6. The van der Waals surface area contributed by atoms with E-state index >= 15 is 0 Å². The van der Waals surface area contributed by atoms with Gasteiger partial charge in [0, 0.05) is 22.9 Å². The molecule has 0 fully saturated rings. The van der Waals surface area contributed by atoms with Crippen molar-refractivity contribution < 1.29 is 0 Å². The average Bonchev–Trinajstić information content (AvgIpc) is 2.69. The van der Waals surface area contributed by atoms with Crippen LogP contribution in [0.2, 0.25) is 0 Å². The highest BCUT2D eigenvalue weighted by atomic mass is 32.2. The Morgan fingerprint density at radius 3 is 2.08 bits per heavy atom. The van der Waals surface area contributed by atoms with E-state index in [-0.39, 0.29) is 0 Å². The summed E-state index contributed by atoms with van der Waals surface area (Å²) in [7, 11) is 1.99. The molecule has 1 N–H and O–H groups in total. The minimum Gasteiger partial charge on any atom is -0.319 e. The molecule has 0 radical (unpaired) electrons. The van der Waals surface area contributed by atoms with Crippen molar-refractivity contribution in [3.8, 4) is 22.5 Å². The highest BCUT2D eigenvalue weighted by Crippen LogP contribution is 2.32. The molecular formula is C21H23N3S. The monoisotopic (exact) mass is 349 g/mol. The Bertz CT molecular complexity index is 791. The molecule has 3 nitrogen and oxygen atoms in total. The number of hydrogen-bond donors (Lipinski definition) is 1. The van der Waals surface area contributed by atoms with Crippen LogP contribution in [0.25, 0.3) is 22.5 Å². The first kappa shape index (κ1) is 17.6. The number of nitrogens with zero attached hydrogens (tertiary/aromatic N) is 2. The van der Waals surface area contributed by atoms with Gasteiger partial charge in [-0.1, -0.05) is 67.6 Å². The fraction of sp³-hybridized carbons (Fsp3) is 0.238. The van der Waals surface area contributed by atoms with E-state index in [0.29, 0.717) is 5.25 Å². The Kier molecular flexibility index (Phi) is 6.20. The largest absolute Gasteiger partial charge is 0.319 e. The number of benzene rings is 2. The summed E-state index contributed by atoms with van der Waals surface area (Å²) in [5, 5.41) is 4.72. The first-order valence-corrected chi connectivity index (χ1v) is 9.49. The number of nitrogens with one attached hydrogen (secondary N) is 1. The number of thioether (sulfide) groups is 1. The molecule has 0 saturated carbocycles. The van der Waals surface area contributed by atoms with Gasteiger partial charge in [-0.2, -0.15) is 0 Å². The molecule has 0 aliphatic heterocycles. The van der Waals surface area contributed by atoms with Gasteiger partial charge in [-0.25, -0.2) is 4.98 Å². The van der Waals surface area contributed by atoms with Crippen LogP contribution in [0.5, 0.6) is 0 Å². The zero-order valence-electron chi connectivity index (χ0n) is 14.6. The fourth-order valence-electron chi connectivity index (χ4n) is 2.70. The van der Waals surface area contributed by atoms with Crippen LogP contribution in [-0.2, 0) is 0 Å². The zero-order valence-corrected chi connectivity index (χ0v) is 15.5. The third-order valence-electron chi connectivity index (χ3n) is 4.02. The molecule has 0 saturated heterocycles. The molecule has 0 aliphatic carbocycles. The minimum atomic E-state index is 0.491. The van der Waals surface area contributed by atoms with Crippen LogP contribution >= 0.6 is 11.8 Å². The Labute approximate surface area is 153 Å². The summed E-state index contributed by atoms with van der Waals surface area (Å²) in [6.07, 6.45) is 2.99. The Balaban J connectivity index is 2.02. The molecule has 0 spiro atoms. The predicted molar refractivity (Wildman–Crippen MR) is 107 cm³/mol. The molecule has 3 aromatic rings. The van der Waals surface area contributed by atoms with Crippen molar-refractivity contribution >= 4 is 11.8 Å². The quantitative estimate of drug-likeness (QED) is 0.616. The lowest BCUT2D eigenvalue weighted by Gasteiger charge is -2.15. The summed E-state index contributed by atoms with van der Waals surface area (Å²) in [6.45, 7) is 3.17. The smallest absolute Gasteiger partial charge is 0.115 e. The molecule has 1 aromatic heterocycles. The SMILES string of the molecule is CCC(CNC)Sc1cnc(-c2ccccc2)c(-c2ccccc2)n1. The van der Waals surface area contributed by atoms with Crippen molar-refractivity contribution in [3.63, 3.8) is 0 Å². The van der Waals surface area contributed by atoms with Gasteiger partial charge in [0.25, 0.3) is 0 Å². The second kappa shape index (κ2) is 8.79. The maximum atomic E-state index is 4.96. The Hall–Kier alpha value is -2.17. The molecule has 1 heterocycles. The summed E-state index contributed by atoms with van der Waals surface area (Å²) in [4.78, 5) is 9.73. The van der Waals surface area contributed by atoms with Gasteiger partial charge < -0.3 is 5.32 Å². The third-order valence-corrected chi connectivity index (χ3v) is 5.29. The van der Waals surface area contributed by atoms with Gasteiger partial charge in [-0.05, 0) is 13.5 Å². The van der Waals surface area contributed by atoms with Crippen LogP contribution in [-0.4, -0.2) is 28.8 Å². The average molecular weight is 350 g/mol. The van der Waals surface area contributed by atoms with Gasteiger partial charge in [0.15, 0.2) is 0 Å². The van der Waals surface area contributed by atoms with Gasteiger partial charge >= 0.3 is 0 Å². The Morgan fingerprint density at radius 2 is 1.52 bits per heavy atom. The molecule has 2 aromatic carbocycles. The number of hydrogen-bond acceptors (Lipinski definition) is 4. The lowest BCUT2D eigenvalue weighted by Crippen LogP contribution is -2.20. The van der Waals surface area contributed by atoms with Gasteiger partial charge in [-0.3, -0.25) is 4.98 Å². The van der Waals surface area contributed by atoms with Gasteiger partial charge in [0.1, 0.15) is 5.03 Å². The van der Waals surface area contributed by atoms with Crippen LogP contribution < -0.4 is 5.32 Å². The second-order valence-electron chi connectivity index (χ2n) is 5.84. The van der Waals surface area contributed by atoms with E-state index in [1.807, 2.05) is 49.6 Å². The lowest BCUT2D eigenvalue weighted by molar-refractivity contribution is 0.725. The van der Waals surface area contributed by atoms with Gasteiger partial charge in [-0.15, -0.1) is 11.8 Å². The maximum absolute atomic E-state index is 4.96. The van der Waals surface area contributed by atoms with E-state index in [2.05, 4.69) is 36.5 Å². The molecule has 0 amide bonds. The topological polar surface area (TPSA) is 37.8 Å². The van der Waals surface area contributed by atoms with Crippen LogP contribution in [0.3, 0.4) is 0 Å². The highest BCUT2D eigenvalue weighted by Gasteiger charge is 2.14. The van der Waals surface area contributed by atoms with Crippen molar-refractivity contribution in [2.24, 2.45) is 0 Å². The van der Waals surface area contributed by atoms with Crippen LogP contribution in [0.15, 0.2) is 71.9 Å². The number of rotatable bonds is 7. The predicted octanol–water partition coefficient (Wildman–Crippen LogP) is 4.90. The molecule has 1 atom stereocenters. The molecule has 25 heavy (non-hydrogen) atoms. The third kappa shape index (κ3) is 4.47. The van der Waals surface area contributed by atoms with E-state index in [0.717, 1.165) is 40.5 Å². The van der Waals surface area contributed by atoms with Crippen LogP contribution in [0.4, 0.5) is 0 Å². The highest BCUT2D eigenvalue weighted by molar-refractivity contribution is 7.99. The fourth-order valence-corrected chi connectivity index (χ4v) is 3.72. The van der Waals surface area contributed by atoms with Crippen molar-refractivity contribution in [2.45, 2.75) is 23.6 Å². The van der Waals surface area contributed by atoms with Gasteiger partial charge in [0.05, 0.1) is 17.6 Å². The minimum absolute atomic E-state index is 0.491. The molecule has 0 bridgehead atoms. The lowest BCUT2D eigenvalue weighted by atomic mass is 10.0. The molecule has 3 rings (SSSR count). The van der Waals surface area contributed by atoms with Crippen LogP contribution in [0.1, 0.15) is 13.3 Å².